The van der Waals surface area contributed by atoms with Crippen LogP contribution in [0.2, 0.25) is 0 Å². The molecule has 0 saturated heterocycles. The van der Waals surface area contributed by atoms with E-state index < -0.39 is 10.8 Å². The number of fused-ring (bicyclic) bond motifs is 1. The first-order valence-electron chi connectivity index (χ1n) is 9.55. The Kier molecular flexibility index (Phi) is 5.31. The van der Waals surface area contributed by atoms with Gasteiger partial charge in [-0.05, 0) is 49.4 Å². The van der Waals surface area contributed by atoms with Crippen LogP contribution < -0.4 is 10.6 Å². The molecule has 4 aromatic rings. The molecule has 1 amide bonds. The number of aromatic nitrogens is 2. The lowest BCUT2D eigenvalue weighted by molar-refractivity contribution is -0.384. The number of oxazole rings is 1. The van der Waals surface area contributed by atoms with E-state index in [4.69, 9.17) is 4.42 Å². The Balaban J connectivity index is 1.56. The molecule has 2 heterocycles. The zero-order valence-corrected chi connectivity index (χ0v) is 16.8. The van der Waals surface area contributed by atoms with Gasteiger partial charge in [0.05, 0.1) is 16.7 Å². The van der Waals surface area contributed by atoms with Gasteiger partial charge in [0.1, 0.15) is 11.2 Å². The fraction of sp³-hybridized carbons (Fsp3) is 0.136. The van der Waals surface area contributed by atoms with Gasteiger partial charge in [0.25, 0.3) is 11.6 Å². The minimum atomic E-state index is -0.519. The molecule has 0 spiro atoms. The average molecular weight is 417 g/mol. The van der Waals surface area contributed by atoms with E-state index >= 15 is 0 Å². The van der Waals surface area contributed by atoms with Gasteiger partial charge >= 0.3 is 0 Å². The highest BCUT2D eigenvalue weighted by Gasteiger charge is 2.20. The van der Waals surface area contributed by atoms with Crippen LogP contribution in [0, 0.1) is 17.0 Å². The number of nitrogens with one attached hydrogen (secondary N) is 2. The number of carbonyl (C=O) groups is 1. The zero-order valence-electron chi connectivity index (χ0n) is 16.8. The lowest BCUT2D eigenvalue weighted by Gasteiger charge is -2.15. The smallest absolute Gasteiger partial charge is 0.293 e. The van der Waals surface area contributed by atoms with Crippen molar-refractivity contribution >= 4 is 34.1 Å². The SMILES string of the molecule is Cc1nc2cc(NC(=O)c3ccc(NC(C)c4ccccn4)c([N+](=O)[O-])c3)ccc2o1. The molecule has 2 aromatic heterocycles. The second kappa shape index (κ2) is 8.23. The van der Waals surface area contributed by atoms with Crippen LogP contribution in [0.4, 0.5) is 17.1 Å². The van der Waals surface area contributed by atoms with Crippen molar-refractivity contribution in [2.75, 3.05) is 10.6 Å². The summed E-state index contributed by atoms with van der Waals surface area (Å²) in [6, 6.07) is 14.6. The van der Waals surface area contributed by atoms with Crippen molar-refractivity contribution in [3.8, 4) is 0 Å². The molecule has 1 atom stereocenters. The van der Waals surface area contributed by atoms with Crippen molar-refractivity contribution < 1.29 is 14.1 Å². The summed E-state index contributed by atoms with van der Waals surface area (Å²) in [5.41, 5.74) is 2.76. The first-order valence-corrected chi connectivity index (χ1v) is 9.55. The second-order valence-corrected chi connectivity index (χ2v) is 6.98. The van der Waals surface area contributed by atoms with Crippen LogP contribution in [0.5, 0.6) is 0 Å². The number of anilines is 2. The average Bonchev–Trinajstić information content (AvgIpc) is 3.13. The van der Waals surface area contributed by atoms with Gasteiger partial charge in [-0.15, -0.1) is 0 Å². The minimum Gasteiger partial charge on any atom is -0.441 e. The molecule has 2 aromatic carbocycles. The quantitative estimate of drug-likeness (QED) is 0.339. The monoisotopic (exact) mass is 417 g/mol. The highest BCUT2D eigenvalue weighted by Crippen LogP contribution is 2.29. The zero-order chi connectivity index (χ0) is 22.0. The summed E-state index contributed by atoms with van der Waals surface area (Å²) in [5.74, 6) is 0.0594. The van der Waals surface area contributed by atoms with E-state index in [9.17, 15) is 14.9 Å². The molecular formula is C22H19N5O4. The van der Waals surface area contributed by atoms with E-state index in [0.717, 1.165) is 5.69 Å². The van der Waals surface area contributed by atoms with Gasteiger partial charge < -0.3 is 15.1 Å². The largest absolute Gasteiger partial charge is 0.441 e. The maximum absolute atomic E-state index is 12.7. The summed E-state index contributed by atoms with van der Waals surface area (Å²) in [7, 11) is 0. The van der Waals surface area contributed by atoms with Gasteiger partial charge in [-0.25, -0.2) is 4.98 Å². The number of nitro groups is 1. The Morgan fingerprint density at radius 2 is 2.00 bits per heavy atom. The topological polar surface area (TPSA) is 123 Å². The molecule has 0 fully saturated rings. The number of pyridine rings is 1. The third-order valence-electron chi connectivity index (χ3n) is 4.71. The van der Waals surface area contributed by atoms with Gasteiger partial charge in [-0.3, -0.25) is 19.9 Å². The summed E-state index contributed by atoms with van der Waals surface area (Å²) >= 11 is 0. The van der Waals surface area contributed by atoms with Gasteiger partial charge in [-0.2, -0.15) is 0 Å². The number of hydrogen-bond donors (Lipinski definition) is 2. The number of nitro benzene ring substituents is 1. The second-order valence-electron chi connectivity index (χ2n) is 6.98. The van der Waals surface area contributed by atoms with Crippen LogP contribution in [-0.4, -0.2) is 20.8 Å². The number of benzene rings is 2. The molecule has 9 nitrogen and oxygen atoms in total. The standard InChI is InChI=1S/C22H19N5O4/c1-13(17-5-3-4-10-23-17)24-18-8-6-15(11-20(18)27(29)30)22(28)26-16-7-9-21-19(12-16)25-14(2)31-21/h3-13,24H,1-2H3,(H,26,28). The molecule has 0 aliphatic heterocycles. The van der Waals surface area contributed by atoms with E-state index in [1.165, 1.54) is 18.2 Å². The van der Waals surface area contributed by atoms with Crippen LogP contribution in [-0.2, 0) is 0 Å². The molecule has 1 unspecified atom stereocenters. The Labute approximate surface area is 177 Å². The van der Waals surface area contributed by atoms with Gasteiger partial charge in [0.2, 0.25) is 0 Å². The highest BCUT2D eigenvalue weighted by atomic mass is 16.6. The van der Waals surface area contributed by atoms with E-state index in [1.54, 1.807) is 37.4 Å². The maximum Gasteiger partial charge on any atom is 0.293 e. The summed E-state index contributed by atoms with van der Waals surface area (Å²) in [6.45, 7) is 3.59. The molecule has 0 aliphatic rings. The van der Waals surface area contributed by atoms with Crippen molar-refractivity contribution in [3.63, 3.8) is 0 Å². The van der Waals surface area contributed by atoms with Crippen molar-refractivity contribution in [2.45, 2.75) is 19.9 Å². The molecule has 0 radical (unpaired) electrons. The predicted octanol–water partition coefficient (Wildman–Crippen LogP) is 4.86. The maximum atomic E-state index is 12.7. The molecule has 0 saturated carbocycles. The van der Waals surface area contributed by atoms with E-state index in [1.807, 2.05) is 19.1 Å². The van der Waals surface area contributed by atoms with E-state index in [0.29, 0.717) is 28.4 Å². The number of amides is 1. The van der Waals surface area contributed by atoms with Crippen molar-refractivity contribution in [3.05, 3.63) is 88.1 Å². The molecule has 9 heteroatoms. The highest BCUT2D eigenvalue weighted by molar-refractivity contribution is 6.05. The lowest BCUT2D eigenvalue weighted by Crippen LogP contribution is -2.14. The summed E-state index contributed by atoms with van der Waals surface area (Å²) in [6.07, 6.45) is 1.66. The van der Waals surface area contributed by atoms with Crippen molar-refractivity contribution in [2.24, 2.45) is 0 Å². The van der Waals surface area contributed by atoms with E-state index in [-0.39, 0.29) is 17.3 Å². The molecule has 2 N–H and O–H groups in total. The number of carbonyl (C=O) groups excluding carboxylic acids is 1. The fourth-order valence-electron chi connectivity index (χ4n) is 3.21. The Hall–Kier alpha value is -4.27. The van der Waals surface area contributed by atoms with E-state index in [2.05, 4.69) is 20.6 Å². The number of aryl methyl sites for hydroxylation is 1. The van der Waals surface area contributed by atoms with Crippen molar-refractivity contribution in [1.29, 1.82) is 0 Å². The predicted molar refractivity (Wildman–Crippen MR) is 116 cm³/mol. The van der Waals surface area contributed by atoms with Crippen LogP contribution in [0.25, 0.3) is 11.1 Å². The summed E-state index contributed by atoms with van der Waals surface area (Å²) in [5, 5.41) is 17.5. The molecular weight excluding hydrogens is 398 g/mol. The third kappa shape index (κ3) is 4.35. The van der Waals surface area contributed by atoms with Crippen LogP contribution in [0.3, 0.4) is 0 Å². The van der Waals surface area contributed by atoms with Gasteiger partial charge in [0.15, 0.2) is 11.5 Å². The van der Waals surface area contributed by atoms with Crippen LogP contribution >= 0.6 is 0 Å². The third-order valence-corrected chi connectivity index (χ3v) is 4.71. The molecule has 0 aliphatic carbocycles. The van der Waals surface area contributed by atoms with Gasteiger partial charge in [0, 0.05) is 30.4 Å². The molecule has 0 bridgehead atoms. The number of rotatable bonds is 6. The summed E-state index contributed by atoms with van der Waals surface area (Å²) < 4.78 is 5.42. The molecule has 4 rings (SSSR count). The molecule has 31 heavy (non-hydrogen) atoms. The first-order chi connectivity index (χ1) is 14.9. The van der Waals surface area contributed by atoms with Crippen LogP contribution in [0.15, 0.2) is 65.2 Å². The lowest BCUT2D eigenvalue weighted by atomic mass is 10.1. The number of hydrogen-bond acceptors (Lipinski definition) is 7. The minimum absolute atomic E-state index is 0.166. The van der Waals surface area contributed by atoms with Gasteiger partial charge in [-0.1, -0.05) is 6.07 Å². The Bertz CT molecular complexity index is 1270. The Morgan fingerprint density at radius 1 is 1.16 bits per heavy atom. The van der Waals surface area contributed by atoms with Crippen molar-refractivity contribution in [1.82, 2.24) is 9.97 Å². The normalized spacial score (nSPS) is 11.8. The fourth-order valence-corrected chi connectivity index (χ4v) is 3.21. The first kappa shape index (κ1) is 20.0. The molecule has 156 valence electrons. The summed E-state index contributed by atoms with van der Waals surface area (Å²) in [4.78, 5) is 32.3. The number of nitrogens with zero attached hydrogens (tertiary/aromatic N) is 3. The Morgan fingerprint density at radius 3 is 2.74 bits per heavy atom. The van der Waals surface area contributed by atoms with Crippen LogP contribution in [0.1, 0.15) is 34.9 Å².